The summed E-state index contributed by atoms with van der Waals surface area (Å²) in [4.78, 5) is 23.4. The number of rotatable bonds is 5. The average Bonchev–Trinajstić information content (AvgIpc) is 2.85. The summed E-state index contributed by atoms with van der Waals surface area (Å²) in [6, 6.07) is 0. The Morgan fingerprint density at radius 2 is 2.00 bits per heavy atom. The van der Waals surface area contributed by atoms with E-state index in [9.17, 15) is 14.7 Å². The number of unbranched alkanes of at least 4 members (excludes halogenated alkanes) is 1. The first-order valence-corrected chi connectivity index (χ1v) is 6.95. The van der Waals surface area contributed by atoms with Crippen LogP contribution in [0.2, 0.25) is 0 Å². The quantitative estimate of drug-likeness (QED) is 0.604. The van der Waals surface area contributed by atoms with Crippen molar-refractivity contribution in [3.05, 3.63) is 0 Å². The average molecular weight is 254 g/mol. The smallest absolute Gasteiger partial charge is 0.310 e. The first kappa shape index (κ1) is 13.4. The van der Waals surface area contributed by atoms with Crippen LogP contribution >= 0.6 is 0 Å². The first-order valence-electron chi connectivity index (χ1n) is 6.95. The van der Waals surface area contributed by atoms with E-state index in [4.69, 9.17) is 4.74 Å². The summed E-state index contributed by atoms with van der Waals surface area (Å²) in [6.45, 7) is 4.55. The van der Waals surface area contributed by atoms with E-state index in [0.29, 0.717) is 12.5 Å². The van der Waals surface area contributed by atoms with Crippen molar-refractivity contribution in [2.45, 2.75) is 39.5 Å². The molecule has 0 heterocycles. The molecular weight excluding hydrogens is 232 g/mol. The van der Waals surface area contributed by atoms with Gasteiger partial charge in [0.2, 0.25) is 0 Å². The zero-order valence-corrected chi connectivity index (χ0v) is 11.1. The zero-order chi connectivity index (χ0) is 13.3. The van der Waals surface area contributed by atoms with E-state index in [0.717, 1.165) is 25.7 Å². The van der Waals surface area contributed by atoms with Gasteiger partial charge in [-0.15, -0.1) is 0 Å². The molecule has 102 valence electrons. The van der Waals surface area contributed by atoms with E-state index in [1.165, 1.54) is 0 Å². The Labute approximate surface area is 108 Å². The Morgan fingerprint density at radius 1 is 1.28 bits per heavy atom. The van der Waals surface area contributed by atoms with Gasteiger partial charge in [0.15, 0.2) is 0 Å². The molecule has 2 aliphatic carbocycles. The maximum absolute atomic E-state index is 12.0. The highest BCUT2D eigenvalue weighted by Crippen LogP contribution is 2.55. The summed E-state index contributed by atoms with van der Waals surface area (Å²) in [7, 11) is 0. The Bertz CT molecular complexity index is 339. The van der Waals surface area contributed by atoms with Crippen LogP contribution in [-0.2, 0) is 14.3 Å². The van der Waals surface area contributed by atoms with Crippen molar-refractivity contribution >= 4 is 11.9 Å². The van der Waals surface area contributed by atoms with Gasteiger partial charge in [0.25, 0.3) is 0 Å². The van der Waals surface area contributed by atoms with E-state index < -0.39 is 17.8 Å². The lowest BCUT2D eigenvalue weighted by molar-refractivity contribution is -0.161. The zero-order valence-electron chi connectivity index (χ0n) is 11.1. The van der Waals surface area contributed by atoms with Crippen molar-refractivity contribution < 1.29 is 19.4 Å². The number of esters is 1. The standard InChI is InChI=1S/C14H22O4/c1-3-4-5-18-14(17)11-9-6-8(2)10(7-9)12(11)13(15)16/h8-12H,3-7H2,1-2H3,(H,15,16). The maximum atomic E-state index is 12.0. The van der Waals surface area contributed by atoms with Crippen molar-refractivity contribution in [3.63, 3.8) is 0 Å². The molecule has 5 unspecified atom stereocenters. The van der Waals surface area contributed by atoms with Gasteiger partial charge < -0.3 is 9.84 Å². The van der Waals surface area contributed by atoms with E-state index in [2.05, 4.69) is 6.92 Å². The normalized spacial score (nSPS) is 37.8. The van der Waals surface area contributed by atoms with Gasteiger partial charge in [0.1, 0.15) is 0 Å². The largest absolute Gasteiger partial charge is 0.481 e. The number of hydrogen-bond acceptors (Lipinski definition) is 3. The first-order chi connectivity index (χ1) is 8.56. The fourth-order valence-corrected chi connectivity index (χ4v) is 3.77. The number of carbonyl (C=O) groups is 2. The van der Waals surface area contributed by atoms with Gasteiger partial charge in [0.05, 0.1) is 18.4 Å². The molecule has 4 nitrogen and oxygen atoms in total. The third-order valence-electron chi connectivity index (χ3n) is 4.64. The molecule has 2 aliphatic rings. The van der Waals surface area contributed by atoms with Gasteiger partial charge in [-0.3, -0.25) is 9.59 Å². The summed E-state index contributed by atoms with van der Waals surface area (Å²) in [5.74, 6) is -1.22. The highest BCUT2D eigenvalue weighted by atomic mass is 16.5. The Kier molecular flexibility index (Phi) is 3.93. The van der Waals surface area contributed by atoms with Gasteiger partial charge >= 0.3 is 11.9 Å². The molecule has 0 aromatic heterocycles. The second-order valence-corrected chi connectivity index (χ2v) is 5.78. The molecule has 4 heteroatoms. The van der Waals surface area contributed by atoms with E-state index in [1.54, 1.807) is 0 Å². The van der Waals surface area contributed by atoms with Crippen LogP contribution in [0.4, 0.5) is 0 Å². The highest BCUT2D eigenvalue weighted by molar-refractivity contribution is 5.82. The molecule has 2 rings (SSSR count). The molecular formula is C14H22O4. The highest BCUT2D eigenvalue weighted by Gasteiger charge is 2.57. The third kappa shape index (κ3) is 2.25. The fraction of sp³-hybridized carbons (Fsp3) is 0.857. The molecule has 2 fully saturated rings. The van der Waals surface area contributed by atoms with Crippen LogP contribution in [0.15, 0.2) is 0 Å². The number of carbonyl (C=O) groups excluding carboxylic acids is 1. The Morgan fingerprint density at radius 3 is 2.61 bits per heavy atom. The lowest BCUT2D eigenvalue weighted by Gasteiger charge is -2.30. The van der Waals surface area contributed by atoms with Gasteiger partial charge in [-0.05, 0) is 37.0 Å². The van der Waals surface area contributed by atoms with Crippen molar-refractivity contribution in [1.29, 1.82) is 0 Å². The third-order valence-corrected chi connectivity index (χ3v) is 4.64. The second-order valence-electron chi connectivity index (χ2n) is 5.78. The van der Waals surface area contributed by atoms with E-state index in [1.807, 2.05) is 6.92 Å². The molecule has 0 aromatic carbocycles. The van der Waals surface area contributed by atoms with Gasteiger partial charge in [-0.25, -0.2) is 0 Å². The summed E-state index contributed by atoms with van der Waals surface area (Å²) in [6.07, 6.45) is 3.68. The molecule has 0 aromatic rings. The molecule has 2 saturated carbocycles. The van der Waals surface area contributed by atoms with Gasteiger partial charge in [0, 0.05) is 0 Å². The summed E-state index contributed by atoms with van der Waals surface area (Å²) in [5.41, 5.74) is 0. The van der Waals surface area contributed by atoms with Crippen LogP contribution < -0.4 is 0 Å². The van der Waals surface area contributed by atoms with Crippen molar-refractivity contribution in [3.8, 4) is 0 Å². The van der Waals surface area contributed by atoms with Crippen LogP contribution in [0.1, 0.15) is 39.5 Å². The minimum absolute atomic E-state index is 0.163. The molecule has 0 amide bonds. The van der Waals surface area contributed by atoms with Crippen molar-refractivity contribution in [2.24, 2.45) is 29.6 Å². The molecule has 0 aliphatic heterocycles. The Balaban J connectivity index is 2.03. The number of carboxylic acid groups (broad SMARTS) is 1. The van der Waals surface area contributed by atoms with Crippen LogP contribution in [-0.4, -0.2) is 23.7 Å². The number of ether oxygens (including phenoxy) is 1. The number of carboxylic acids is 1. The Hall–Kier alpha value is -1.06. The predicted octanol–water partition coefficient (Wildman–Crippen LogP) is 2.32. The minimum atomic E-state index is -0.827. The predicted molar refractivity (Wildman–Crippen MR) is 65.9 cm³/mol. The number of hydrogen-bond donors (Lipinski definition) is 1. The van der Waals surface area contributed by atoms with Gasteiger partial charge in [-0.1, -0.05) is 20.3 Å². The minimum Gasteiger partial charge on any atom is -0.481 e. The second kappa shape index (κ2) is 5.29. The lowest BCUT2D eigenvalue weighted by atomic mass is 9.74. The maximum Gasteiger partial charge on any atom is 0.310 e. The molecule has 0 radical (unpaired) electrons. The van der Waals surface area contributed by atoms with Crippen LogP contribution in [0.5, 0.6) is 0 Å². The summed E-state index contributed by atoms with van der Waals surface area (Å²) in [5, 5.41) is 9.34. The molecule has 0 saturated heterocycles. The van der Waals surface area contributed by atoms with E-state index in [-0.39, 0.29) is 17.8 Å². The molecule has 2 bridgehead atoms. The van der Waals surface area contributed by atoms with E-state index >= 15 is 0 Å². The van der Waals surface area contributed by atoms with Crippen molar-refractivity contribution in [2.75, 3.05) is 6.61 Å². The fourth-order valence-electron chi connectivity index (χ4n) is 3.77. The molecule has 1 N–H and O–H groups in total. The van der Waals surface area contributed by atoms with Crippen LogP contribution in [0, 0.1) is 29.6 Å². The summed E-state index contributed by atoms with van der Waals surface area (Å²) >= 11 is 0. The molecule has 5 atom stereocenters. The van der Waals surface area contributed by atoms with Crippen molar-refractivity contribution in [1.82, 2.24) is 0 Å². The van der Waals surface area contributed by atoms with Gasteiger partial charge in [-0.2, -0.15) is 0 Å². The number of aliphatic carboxylic acids is 1. The lowest BCUT2D eigenvalue weighted by Crippen LogP contribution is -2.38. The topological polar surface area (TPSA) is 63.6 Å². The monoisotopic (exact) mass is 254 g/mol. The SMILES string of the molecule is CCCCOC(=O)C1C2CC(C)C(C2)C1C(=O)O. The van der Waals surface area contributed by atoms with Crippen LogP contribution in [0.25, 0.3) is 0 Å². The molecule has 18 heavy (non-hydrogen) atoms. The summed E-state index contributed by atoms with van der Waals surface area (Å²) < 4.78 is 5.23. The van der Waals surface area contributed by atoms with Crippen LogP contribution in [0.3, 0.4) is 0 Å². The number of fused-ring (bicyclic) bond motifs is 2. The molecule has 0 spiro atoms.